The molecule has 2 aromatic carbocycles. The Morgan fingerprint density at radius 2 is 1.52 bits per heavy atom. The van der Waals surface area contributed by atoms with Gasteiger partial charge in [0.05, 0.1) is 25.0 Å². The lowest BCUT2D eigenvalue weighted by Gasteiger charge is -2.41. The molecule has 426 valence electrons. The number of benzene rings is 2. The van der Waals surface area contributed by atoms with Gasteiger partial charge in [0.2, 0.25) is 23.6 Å². The second-order valence-electron chi connectivity index (χ2n) is 22.3. The number of nitrogens with zero attached hydrogens (tertiary/aromatic N) is 8. The molecule has 4 fully saturated rings. The molecule has 0 aliphatic carbocycles. The lowest BCUT2D eigenvalue weighted by Crippen LogP contribution is -2.59. The topological polar surface area (TPSA) is 236 Å². The van der Waals surface area contributed by atoms with E-state index in [1.54, 1.807) is 59.3 Å². The molecule has 2 aromatic heterocycles. The van der Waals surface area contributed by atoms with Gasteiger partial charge in [-0.3, -0.25) is 28.9 Å². The molecule has 19 nitrogen and oxygen atoms in total. The number of carbonyl (C=O) groups excluding carboxylic acids is 5. The SMILES string of the molecule is CN[C@H](C)C(=O)N[C@@H](C(=O)N1C[C@@H](NC(=O)c2ccc(N3CC4CCC(C3)N4CCCCCCCCC(=O)Nc3cccc(Sc4cnc(N5CCC(N)C(F)C5)cn4)c3)nn2)C[C@@H]1C(=O)Nc1c(F)cccc1F)C(C)(C)C. The zero-order valence-electron chi connectivity index (χ0n) is 45.7. The number of aromatic nitrogens is 4. The molecule has 4 unspecified atom stereocenters. The highest BCUT2D eigenvalue weighted by atomic mass is 32.2. The summed E-state index contributed by atoms with van der Waals surface area (Å²) in [5.74, 6) is -3.14. The van der Waals surface area contributed by atoms with E-state index in [9.17, 15) is 37.1 Å². The number of piperazine rings is 1. The number of hydrogen-bond acceptors (Lipinski definition) is 15. The molecular formula is C56H75F3N14O5S. The lowest BCUT2D eigenvalue weighted by atomic mass is 9.85. The molecule has 5 amide bonds. The summed E-state index contributed by atoms with van der Waals surface area (Å²) >= 11 is 1.44. The van der Waals surface area contributed by atoms with Crippen molar-refractivity contribution in [3.8, 4) is 0 Å². The van der Waals surface area contributed by atoms with Crippen molar-refractivity contribution in [3.63, 3.8) is 0 Å². The molecule has 4 saturated heterocycles. The van der Waals surface area contributed by atoms with Crippen molar-refractivity contribution < 1.29 is 37.1 Å². The number of amides is 5. The summed E-state index contributed by atoms with van der Waals surface area (Å²) in [6.45, 7) is 10.3. The molecule has 7 N–H and O–H groups in total. The number of alkyl halides is 1. The number of unbranched alkanes of at least 4 members (excludes halogenated alkanes) is 5. The van der Waals surface area contributed by atoms with Gasteiger partial charge in [-0.2, -0.15) is 0 Å². The second-order valence-corrected chi connectivity index (χ2v) is 23.4. The van der Waals surface area contributed by atoms with Crippen LogP contribution in [0.2, 0.25) is 0 Å². The van der Waals surface area contributed by atoms with E-state index in [1.165, 1.54) is 22.7 Å². The van der Waals surface area contributed by atoms with Gasteiger partial charge in [-0.05, 0) is 107 Å². The summed E-state index contributed by atoms with van der Waals surface area (Å²) in [6, 6.07) is 10.8. The van der Waals surface area contributed by atoms with Crippen LogP contribution >= 0.6 is 11.8 Å². The summed E-state index contributed by atoms with van der Waals surface area (Å²) in [6.07, 6.45) is 11.6. The Morgan fingerprint density at radius 1 is 0.810 bits per heavy atom. The first-order chi connectivity index (χ1) is 37.8. The molecule has 0 saturated carbocycles. The monoisotopic (exact) mass is 1110 g/mol. The maximum absolute atomic E-state index is 14.7. The molecule has 8 rings (SSSR count). The summed E-state index contributed by atoms with van der Waals surface area (Å²) < 4.78 is 43.5. The van der Waals surface area contributed by atoms with Crippen LogP contribution in [0.25, 0.3) is 0 Å². The molecule has 0 radical (unpaired) electrons. The Morgan fingerprint density at radius 3 is 2.18 bits per heavy atom. The van der Waals surface area contributed by atoms with E-state index in [0.717, 1.165) is 93.7 Å². The van der Waals surface area contributed by atoms with E-state index in [-0.39, 0.29) is 31.1 Å². The molecule has 79 heavy (non-hydrogen) atoms. The third-order valence-electron chi connectivity index (χ3n) is 15.4. The molecule has 2 bridgehead atoms. The van der Waals surface area contributed by atoms with Crippen molar-refractivity contribution in [1.29, 1.82) is 0 Å². The third kappa shape index (κ3) is 15.3. The minimum atomic E-state index is -1.25. The van der Waals surface area contributed by atoms with Crippen LogP contribution in [0.1, 0.15) is 109 Å². The molecule has 8 atom stereocenters. The normalized spacial score (nSPS) is 22.1. The van der Waals surface area contributed by atoms with E-state index >= 15 is 0 Å². The number of piperidine rings is 1. The van der Waals surface area contributed by atoms with E-state index in [4.69, 9.17) is 5.73 Å². The minimum Gasteiger partial charge on any atom is -0.352 e. The van der Waals surface area contributed by atoms with Crippen LogP contribution in [0.3, 0.4) is 0 Å². The van der Waals surface area contributed by atoms with Crippen LogP contribution in [-0.2, 0) is 19.2 Å². The Kier molecular flexibility index (Phi) is 19.8. The van der Waals surface area contributed by atoms with E-state index in [2.05, 4.69) is 56.5 Å². The number of para-hydroxylation sites is 1. The molecule has 4 aromatic rings. The Labute approximate surface area is 464 Å². The van der Waals surface area contributed by atoms with Gasteiger partial charge < -0.3 is 47.0 Å². The maximum atomic E-state index is 14.7. The summed E-state index contributed by atoms with van der Waals surface area (Å²) in [5, 5.41) is 23.3. The van der Waals surface area contributed by atoms with Crippen LogP contribution in [0.15, 0.2) is 76.9 Å². The second kappa shape index (κ2) is 26.7. The lowest BCUT2D eigenvalue weighted by molar-refractivity contribution is -0.143. The van der Waals surface area contributed by atoms with Crippen LogP contribution in [0.4, 0.5) is 36.2 Å². The van der Waals surface area contributed by atoms with Crippen molar-refractivity contribution in [2.45, 2.75) is 157 Å². The first-order valence-electron chi connectivity index (χ1n) is 27.6. The smallest absolute Gasteiger partial charge is 0.272 e. The Balaban J connectivity index is 0.748. The maximum Gasteiger partial charge on any atom is 0.272 e. The van der Waals surface area contributed by atoms with Crippen LogP contribution < -0.4 is 42.1 Å². The van der Waals surface area contributed by atoms with Crippen LogP contribution in [0, 0.1) is 17.0 Å². The fourth-order valence-corrected chi connectivity index (χ4v) is 11.6. The molecule has 0 spiro atoms. The van der Waals surface area contributed by atoms with Gasteiger partial charge in [0, 0.05) is 67.4 Å². The number of hydrogen-bond donors (Lipinski definition) is 6. The average Bonchev–Trinajstić information content (AvgIpc) is 4.05. The van der Waals surface area contributed by atoms with E-state index < -0.39 is 82.7 Å². The van der Waals surface area contributed by atoms with Gasteiger partial charge in [-0.1, -0.05) is 70.3 Å². The average molecular weight is 1110 g/mol. The van der Waals surface area contributed by atoms with Crippen LogP contribution in [-0.4, -0.2) is 154 Å². The van der Waals surface area contributed by atoms with Crippen molar-refractivity contribution in [2.24, 2.45) is 11.1 Å². The highest BCUT2D eigenvalue weighted by Crippen LogP contribution is 2.34. The highest BCUT2D eigenvalue weighted by Gasteiger charge is 2.46. The van der Waals surface area contributed by atoms with Gasteiger partial charge in [-0.15, -0.1) is 10.2 Å². The standard InChI is InChI=1S/C56H75F3N14O5S/c1-34(61-5)52(75)67-51(56(2,3)4)55(78)73-30-36(27-45(73)54(77)66-50-40(57)16-13-17-41(50)58)65-53(76)44-21-22-46(69-68-44)71-31-37-19-20-38(32-71)72(37)24-11-9-7-6-8-10-18-48(74)64-35-14-12-15-39(26-35)79-49-29-62-47(28-63-49)70-25-23-43(60)42(59)33-70/h12-17,21-22,26,28-29,34,36-38,42-43,45,51,61H,6-11,18-20,23-25,27,30-33,60H2,1-5H3,(H,64,74)(H,65,76)(H,66,77)(H,67,75)/t34-,36+,37?,38?,42?,43?,45-,51+/m1/s1. The number of likely N-dealkylation sites (tertiary alicyclic amines) is 1. The molecule has 4 aliphatic heterocycles. The number of carbonyl (C=O) groups is 5. The van der Waals surface area contributed by atoms with Gasteiger partial charge in [0.1, 0.15) is 46.4 Å². The number of nitrogens with two attached hydrogens (primary N) is 1. The van der Waals surface area contributed by atoms with Gasteiger partial charge in [-0.25, -0.2) is 23.1 Å². The third-order valence-corrected chi connectivity index (χ3v) is 16.3. The first kappa shape index (κ1) is 58.7. The largest absolute Gasteiger partial charge is 0.352 e. The van der Waals surface area contributed by atoms with Crippen molar-refractivity contribution in [1.82, 2.24) is 45.9 Å². The predicted molar refractivity (Wildman–Crippen MR) is 297 cm³/mol. The summed E-state index contributed by atoms with van der Waals surface area (Å²) in [7, 11) is 1.61. The number of anilines is 4. The number of nitrogens with one attached hydrogen (secondary N) is 5. The summed E-state index contributed by atoms with van der Waals surface area (Å²) in [4.78, 5) is 85.6. The molecular weight excluding hydrogens is 1040 g/mol. The zero-order chi connectivity index (χ0) is 56.4. The van der Waals surface area contributed by atoms with Crippen LogP contribution in [0.5, 0.6) is 0 Å². The Bertz CT molecular complexity index is 2730. The fraction of sp³-hybridized carbons (Fsp3) is 0.554. The predicted octanol–water partition coefficient (Wildman–Crippen LogP) is 6.07. The van der Waals surface area contributed by atoms with Gasteiger partial charge >= 0.3 is 0 Å². The molecule has 23 heteroatoms. The van der Waals surface area contributed by atoms with Crippen molar-refractivity contribution in [2.75, 3.05) is 66.7 Å². The number of halogens is 3. The van der Waals surface area contributed by atoms with E-state index in [0.29, 0.717) is 48.1 Å². The Hall–Kier alpha value is -6.43. The number of rotatable bonds is 22. The van der Waals surface area contributed by atoms with Crippen molar-refractivity contribution >= 4 is 64.3 Å². The highest BCUT2D eigenvalue weighted by molar-refractivity contribution is 7.99. The molecule has 4 aliphatic rings. The van der Waals surface area contributed by atoms with E-state index in [1.807, 2.05) is 29.2 Å². The fourth-order valence-electron chi connectivity index (χ4n) is 10.8. The van der Waals surface area contributed by atoms with Gasteiger partial charge in [0.25, 0.3) is 5.91 Å². The zero-order valence-corrected chi connectivity index (χ0v) is 46.5. The van der Waals surface area contributed by atoms with Gasteiger partial charge in [0.15, 0.2) is 11.5 Å². The summed E-state index contributed by atoms with van der Waals surface area (Å²) in [5.41, 5.74) is 5.12. The minimum absolute atomic E-state index is 0.0126. The van der Waals surface area contributed by atoms with Crippen molar-refractivity contribution in [3.05, 3.63) is 84.3 Å². The number of likely N-dealkylation sites (N-methyl/N-ethyl adjacent to an activating group) is 1. The number of fused-ring (bicyclic) bond motifs is 2. The quantitative estimate of drug-likeness (QED) is 0.0490. The molecule has 6 heterocycles. The first-order valence-corrected chi connectivity index (χ1v) is 28.4.